The number of nitrogens with zero attached hydrogens (tertiary/aromatic N) is 2. The quantitative estimate of drug-likeness (QED) is 0.169. The van der Waals surface area contributed by atoms with E-state index in [0.29, 0.717) is 10.8 Å². The van der Waals surface area contributed by atoms with Crippen molar-refractivity contribution in [2.24, 2.45) is 0 Å². The van der Waals surface area contributed by atoms with Gasteiger partial charge in [0.1, 0.15) is 23.8 Å². The Morgan fingerprint density at radius 3 is 2.39 bits per heavy atom. The lowest BCUT2D eigenvalue weighted by Gasteiger charge is -2.28. The third kappa shape index (κ3) is 6.64. The van der Waals surface area contributed by atoms with E-state index in [2.05, 4.69) is 18.1 Å². The molecule has 0 bridgehead atoms. The number of alkyl halides is 2. The number of phosphoric ester groups is 1. The van der Waals surface area contributed by atoms with Gasteiger partial charge < -0.3 is 35.2 Å². The first kappa shape index (κ1) is 28.4. The van der Waals surface area contributed by atoms with Crippen LogP contribution in [-0.2, 0) is 31.6 Å². The van der Waals surface area contributed by atoms with Crippen molar-refractivity contribution in [3.63, 3.8) is 0 Å². The van der Waals surface area contributed by atoms with Crippen LogP contribution in [0.25, 0.3) is 0 Å². The summed E-state index contributed by atoms with van der Waals surface area (Å²) in [7, 11) is -17.2. The average molecular weight is 566 g/mol. The molecule has 33 heavy (non-hydrogen) atoms. The minimum Gasteiger partial charge on any atom is -0.388 e. The number of nitrogen functional groups attached to an aromatic ring is 1. The van der Waals surface area contributed by atoms with Crippen molar-refractivity contribution in [1.29, 1.82) is 0 Å². The van der Waals surface area contributed by atoms with Crippen LogP contribution in [0.15, 0.2) is 11.0 Å². The van der Waals surface area contributed by atoms with Gasteiger partial charge in [0.2, 0.25) is 0 Å². The summed E-state index contributed by atoms with van der Waals surface area (Å²) in [6, 6.07) is 0. The smallest absolute Gasteiger partial charge is 0.388 e. The van der Waals surface area contributed by atoms with Gasteiger partial charge >= 0.3 is 29.2 Å². The van der Waals surface area contributed by atoms with Gasteiger partial charge in [0.05, 0.1) is 12.3 Å². The van der Waals surface area contributed by atoms with Crippen molar-refractivity contribution in [2.75, 3.05) is 12.4 Å². The molecule has 2 rings (SSSR count). The SMILES string of the molecule is C[C@H](OP(=O)(O)OP(=O)(O)OP(=O)(O)O)[C@H]1O[C@@H](n2cc(F)c(N)nc2=O)C(Cl)(CF)[C@H]1O. The number of ether oxygens (including phenoxy) is 1. The Morgan fingerprint density at radius 2 is 1.88 bits per heavy atom. The van der Waals surface area contributed by atoms with Gasteiger partial charge in [-0.15, -0.1) is 11.6 Å². The Hall–Kier alpha value is -0.840. The van der Waals surface area contributed by atoms with Crippen molar-refractivity contribution in [3.8, 4) is 0 Å². The van der Waals surface area contributed by atoms with E-state index in [4.69, 9.17) is 31.9 Å². The van der Waals surface area contributed by atoms with Crippen LogP contribution in [-0.4, -0.2) is 64.1 Å². The summed E-state index contributed by atoms with van der Waals surface area (Å²) in [5.74, 6) is -2.02. The molecule has 7 N–H and O–H groups in total. The Labute approximate surface area is 187 Å². The van der Waals surface area contributed by atoms with Gasteiger partial charge in [-0.05, 0) is 6.92 Å². The highest BCUT2D eigenvalue weighted by molar-refractivity contribution is 7.66. The minimum absolute atomic E-state index is 0.360. The Kier molecular flexibility index (Phi) is 8.32. The van der Waals surface area contributed by atoms with Crippen LogP contribution >= 0.6 is 35.1 Å². The number of nitrogens with two attached hydrogens (primary N) is 1. The number of halogens is 3. The molecule has 1 fully saturated rings. The largest absolute Gasteiger partial charge is 0.490 e. The predicted molar refractivity (Wildman–Crippen MR) is 102 cm³/mol. The van der Waals surface area contributed by atoms with Crippen molar-refractivity contribution in [3.05, 3.63) is 22.5 Å². The van der Waals surface area contributed by atoms with Gasteiger partial charge in [0, 0.05) is 0 Å². The highest BCUT2D eigenvalue weighted by atomic mass is 35.5. The monoisotopic (exact) mass is 565 g/mol. The number of aliphatic hydroxyl groups excluding tert-OH is 1. The van der Waals surface area contributed by atoms with Crippen LogP contribution < -0.4 is 11.4 Å². The summed E-state index contributed by atoms with van der Waals surface area (Å²) in [5.41, 5.74) is 3.90. The molecule has 1 aromatic heterocycles. The van der Waals surface area contributed by atoms with Crippen LogP contribution in [0.4, 0.5) is 14.6 Å². The normalized spacial score (nSPS) is 30.5. The third-order valence-electron chi connectivity index (χ3n) is 4.07. The molecule has 0 amide bonds. The summed E-state index contributed by atoms with van der Waals surface area (Å²) in [4.78, 5) is 48.5. The van der Waals surface area contributed by atoms with Crippen LogP contribution in [0, 0.1) is 5.82 Å². The van der Waals surface area contributed by atoms with Crippen LogP contribution in [0.3, 0.4) is 0 Å². The summed E-state index contributed by atoms with van der Waals surface area (Å²) >= 11 is 6.06. The number of aromatic nitrogens is 2. The zero-order valence-corrected chi connectivity index (χ0v) is 19.5. The molecular weight excluding hydrogens is 549 g/mol. The second kappa shape index (κ2) is 9.66. The fraction of sp³-hybridized carbons (Fsp3) is 0.636. The third-order valence-corrected chi connectivity index (χ3v) is 8.51. The Balaban J connectivity index is 2.29. The maximum Gasteiger partial charge on any atom is 0.490 e. The minimum atomic E-state index is -5.84. The van der Waals surface area contributed by atoms with Crippen molar-refractivity contribution >= 4 is 40.9 Å². The van der Waals surface area contributed by atoms with Crippen molar-refractivity contribution in [1.82, 2.24) is 9.55 Å². The van der Waals surface area contributed by atoms with E-state index in [-0.39, 0.29) is 0 Å². The Bertz CT molecular complexity index is 1100. The molecule has 16 nitrogen and oxygen atoms in total. The molecule has 0 aliphatic carbocycles. The lowest BCUT2D eigenvalue weighted by molar-refractivity contribution is -0.0756. The lowest BCUT2D eigenvalue weighted by atomic mass is 9.97. The van der Waals surface area contributed by atoms with Crippen molar-refractivity contribution in [2.45, 2.75) is 36.3 Å². The van der Waals surface area contributed by atoms with Gasteiger partial charge in [-0.2, -0.15) is 13.6 Å². The van der Waals surface area contributed by atoms with E-state index in [1.807, 2.05) is 0 Å². The molecule has 0 spiro atoms. The molecule has 0 aromatic carbocycles. The zero-order chi connectivity index (χ0) is 25.6. The first-order valence-electron chi connectivity index (χ1n) is 8.26. The molecule has 1 aliphatic rings. The number of hydrogen-bond donors (Lipinski definition) is 6. The highest BCUT2D eigenvalue weighted by Crippen LogP contribution is 2.66. The number of anilines is 1. The van der Waals surface area contributed by atoms with E-state index >= 15 is 0 Å². The van der Waals surface area contributed by atoms with Crippen LogP contribution in [0.1, 0.15) is 13.2 Å². The first-order valence-corrected chi connectivity index (χ1v) is 13.2. The van der Waals surface area contributed by atoms with Gasteiger partial charge in [-0.1, -0.05) is 0 Å². The second-order valence-electron chi connectivity index (χ2n) is 6.52. The van der Waals surface area contributed by atoms with Crippen LogP contribution in [0.5, 0.6) is 0 Å². The molecule has 7 atom stereocenters. The lowest BCUT2D eigenvalue weighted by Crippen LogP contribution is -2.47. The standard InChI is InChI=1S/C11H17ClF2N3O13P3/c1-4(28-32(23,24)30-33(25,26)29-31(20,21)22)6-7(18)11(12,3-13)9(27-6)17-2-5(14)8(15)16-10(17)19/h2,4,6-7,9,18H,3H2,1H3,(H,23,24)(H,25,26)(H2,15,16,19)(H2,20,21,22)/t4-,6+,7-,9+,11?/m0/s1. The van der Waals surface area contributed by atoms with E-state index in [1.54, 1.807) is 0 Å². The molecule has 1 saturated heterocycles. The number of rotatable bonds is 9. The summed E-state index contributed by atoms with van der Waals surface area (Å²) in [5, 5.41) is 10.4. The summed E-state index contributed by atoms with van der Waals surface area (Å²) in [6.45, 7) is -0.675. The van der Waals surface area contributed by atoms with E-state index in [9.17, 15) is 42.2 Å². The molecule has 0 radical (unpaired) electrons. The zero-order valence-electron chi connectivity index (χ0n) is 16.0. The number of aliphatic hydroxyl groups is 1. The van der Waals surface area contributed by atoms with Crippen molar-refractivity contribution < 1.29 is 65.0 Å². The number of phosphoric acid groups is 3. The maximum atomic E-state index is 13.8. The molecule has 190 valence electrons. The molecule has 1 aliphatic heterocycles. The van der Waals surface area contributed by atoms with Gasteiger partial charge in [0.25, 0.3) is 0 Å². The van der Waals surface area contributed by atoms with E-state index in [0.717, 1.165) is 6.92 Å². The van der Waals surface area contributed by atoms with Gasteiger partial charge in [0.15, 0.2) is 17.9 Å². The molecule has 2 heterocycles. The molecule has 0 saturated carbocycles. The fourth-order valence-corrected chi connectivity index (χ4v) is 6.24. The maximum absolute atomic E-state index is 13.8. The molecule has 22 heteroatoms. The number of hydrogen-bond acceptors (Lipinski definition) is 11. The van der Waals surface area contributed by atoms with E-state index < -0.39 is 76.9 Å². The molecular formula is C11H17ClF2N3O13P3. The summed E-state index contributed by atoms with van der Waals surface area (Å²) < 4.78 is 78.8. The second-order valence-corrected chi connectivity index (χ2v) is 11.6. The molecule has 3 unspecified atom stereocenters. The highest BCUT2D eigenvalue weighted by Gasteiger charge is 2.59. The fourth-order valence-electron chi connectivity index (χ4n) is 2.76. The van der Waals surface area contributed by atoms with Gasteiger partial charge in [-0.3, -0.25) is 9.09 Å². The van der Waals surface area contributed by atoms with E-state index in [1.165, 1.54) is 0 Å². The van der Waals surface area contributed by atoms with Crippen LogP contribution in [0.2, 0.25) is 0 Å². The summed E-state index contributed by atoms with van der Waals surface area (Å²) in [6.07, 6.45) is -7.27. The predicted octanol–water partition coefficient (Wildman–Crippen LogP) is -0.0982. The van der Waals surface area contributed by atoms with Gasteiger partial charge in [-0.25, -0.2) is 27.3 Å². The topological polar surface area (TPSA) is 250 Å². The average Bonchev–Trinajstić information content (AvgIpc) is 2.87. The first-order chi connectivity index (χ1) is 14.8. The Morgan fingerprint density at radius 1 is 1.30 bits per heavy atom. The molecule has 1 aromatic rings.